The van der Waals surface area contributed by atoms with Crippen molar-refractivity contribution in [2.75, 3.05) is 18.8 Å². The van der Waals surface area contributed by atoms with Crippen LogP contribution >= 0.6 is 0 Å². The van der Waals surface area contributed by atoms with E-state index in [0.717, 1.165) is 18.4 Å². The van der Waals surface area contributed by atoms with Crippen molar-refractivity contribution < 1.29 is 13.2 Å². The monoisotopic (exact) mass is 349 g/mol. The van der Waals surface area contributed by atoms with Crippen molar-refractivity contribution in [2.24, 2.45) is 5.92 Å². The first kappa shape index (κ1) is 17.5. The van der Waals surface area contributed by atoms with Crippen LogP contribution in [0.1, 0.15) is 55.8 Å². The summed E-state index contributed by atoms with van der Waals surface area (Å²) >= 11 is 0. The normalized spacial score (nSPS) is 25.2. The van der Waals surface area contributed by atoms with E-state index in [9.17, 15) is 13.2 Å². The number of amides is 1. The fraction of sp³-hybridized carbons (Fsp3) is 0.632. The number of rotatable bonds is 3. The van der Waals surface area contributed by atoms with E-state index >= 15 is 0 Å². The van der Waals surface area contributed by atoms with E-state index in [4.69, 9.17) is 0 Å². The first-order valence-corrected chi connectivity index (χ1v) is 10.8. The van der Waals surface area contributed by atoms with E-state index < -0.39 is 15.1 Å². The predicted octanol–water partition coefficient (Wildman–Crippen LogP) is 3.35. The second-order valence-corrected chi connectivity index (χ2v) is 9.45. The summed E-state index contributed by atoms with van der Waals surface area (Å²) in [5.74, 6) is 0.713. The van der Waals surface area contributed by atoms with Crippen LogP contribution in [0.3, 0.4) is 0 Å². The van der Waals surface area contributed by atoms with E-state index in [2.05, 4.69) is 0 Å². The summed E-state index contributed by atoms with van der Waals surface area (Å²) in [6.45, 7) is 0.890. The third-order valence-corrected chi connectivity index (χ3v) is 7.58. The summed E-state index contributed by atoms with van der Waals surface area (Å²) in [5, 5.41) is -0.480. The van der Waals surface area contributed by atoms with E-state index in [1.54, 1.807) is 4.90 Å². The molecular weight excluding hydrogens is 322 g/mol. The van der Waals surface area contributed by atoms with Crippen molar-refractivity contribution in [1.29, 1.82) is 0 Å². The van der Waals surface area contributed by atoms with E-state index in [-0.39, 0.29) is 11.7 Å². The fourth-order valence-electron chi connectivity index (χ4n) is 4.00. The van der Waals surface area contributed by atoms with Crippen LogP contribution in [0.15, 0.2) is 30.3 Å². The van der Waals surface area contributed by atoms with Crippen LogP contribution in [-0.2, 0) is 14.6 Å². The van der Waals surface area contributed by atoms with Gasteiger partial charge in [-0.15, -0.1) is 0 Å². The molecule has 1 amide bonds. The van der Waals surface area contributed by atoms with Crippen molar-refractivity contribution in [3.05, 3.63) is 35.9 Å². The lowest BCUT2D eigenvalue weighted by molar-refractivity contribution is -0.132. The molecule has 1 aliphatic heterocycles. The van der Waals surface area contributed by atoms with Gasteiger partial charge in [-0.2, -0.15) is 0 Å². The van der Waals surface area contributed by atoms with Crippen molar-refractivity contribution in [3.63, 3.8) is 0 Å². The average Bonchev–Trinajstić information content (AvgIpc) is 2.75. The molecule has 0 spiro atoms. The highest BCUT2D eigenvalue weighted by Gasteiger charge is 2.33. The molecule has 0 N–H and O–H groups in total. The molecule has 3 rings (SSSR count). The van der Waals surface area contributed by atoms with Gasteiger partial charge in [0.05, 0.1) is 11.0 Å². The van der Waals surface area contributed by atoms with Crippen molar-refractivity contribution in [2.45, 2.75) is 50.2 Å². The molecule has 1 saturated heterocycles. The third kappa shape index (κ3) is 4.18. The Morgan fingerprint density at radius 3 is 2.42 bits per heavy atom. The molecule has 1 atom stereocenters. The molecule has 1 saturated carbocycles. The topological polar surface area (TPSA) is 54.5 Å². The van der Waals surface area contributed by atoms with Gasteiger partial charge in [-0.05, 0) is 30.7 Å². The Bertz CT molecular complexity index is 650. The minimum absolute atomic E-state index is 0.0724. The smallest absolute Gasteiger partial charge is 0.222 e. The molecule has 24 heavy (non-hydrogen) atoms. The van der Waals surface area contributed by atoms with Crippen LogP contribution in [0.5, 0.6) is 0 Å². The molecule has 0 bridgehead atoms. The zero-order valence-corrected chi connectivity index (χ0v) is 15.0. The van der Waals surface area contributed by atoms with Gasteiger partial charge < -0.3 is 4.90 Å². The van der Waals surface area contributed by atoms with Crippen LogP contribution < -0.4 is 0 Å². The molecule has 1 aliphatic carbocycles. The van der Waals surface area contributed by atoms with Gasteiger partial charge in [0.1, 0.15) is 0 Å². The molecule has 5 heteroatoms. The van der Waals surface area contributed by atoms with Crippen LogP contribution in [0, 0.1) is 5.92 Å². The summed E-state index contributed by atoms with van der Waals surface area (Å²) in [4.78, 5) is 14.4. The first-order valence-electron chi connectivity index (χ1n) is 9.10. The molecule has 2 fully saturated rings. The van der Waals surface area contributed by atoms with Gasteiger partial charge in [-0.25, -0.2) is 8.42 Å². The number of benzene rings is 1. The number of carbonyl (C=O) groups is 1. The fourth-order valence-corrected chi connectivity index (χ4v) is 5.80. The van der Waals surface area contributed by atoms with Gasteiger partial charge in [-0.3, -0.25) is 4.79 Å². The Morgan fingerprint density at radius 2 is 1.71 bits per heavy atom. The lowest BCUT2D eigenvalue weighted by atomic mass is 9.86. The highest BCUT2D eigenvalue weighted by atomic mass is 32.2. The molecule has 4 nitrogen and oxygen atoms in total. The summed E-state index contributed by atoms with van der Waals surface area (Å²) in [5.41, 5.74) is 0.846. The molecule has 132 valence electrons. The number of nitrogens with zero attached hydrogens (tertiary/aromatic N) is 1. The standard InChI is InChI=1S/C19H27NO3S/c21-19(15-16-7-3-1-4-8-16)20-12-11-18(24(22,23)14-13-20)17-9-5-2-6-10-17/h2,5-6,9-10,16,18H,1,3-4,7-8,11-15H2. The van der Waals surface area contributed by atoms with Gasteiger partial charge in [-0.1, -0.05) is 49.6 Å². The van der Waals surface area contributed by atoms with Gasteiger partial charge >= 0.3 is 0 Å². The summed E-state index contributed by atoms with van der Waals surface area (Å²) in [7, 11) is -3.21. The van der Waals surface area contributed by atoms with Gasteiger partial charge in [0.25, 0.3) is 0 Å². The molecular formula is C19H27NO3S. The predicted molar refractivity (Wildman–Crippen MR) is 95.4 cm³/mol. The lowest BCUT2D eigenvalue weighted by Crippen LogP contribution is -2.35. The van der Waals surface area contributed by atoms with E-state index in [1.807, 2.05) is 30.3 Å². The quantitative estimate of drug-likeness (QED) is 0.841. The SMILES string of the molecule is O=C(CC1CCCCC1)N1CCC(c2ccccc2)S(=O)(=O)CC1. The average molecular weight is 349 g/mol. The maximum atomic E-state index is 12.6. The summed E-state index contributed by atoms with van der Waals surface area (Å²) in [6, 6.07) is 9.40. The zero-order chi connectivity index (χ0) is 17.0. The Labute approximate surface area is 145 Å². The largest absolute Gasteiger partial charge is 0.342 e. The van der Waals surface area contributed by atoms with E-state index in [0.29, 0.717) is 31.8 Å². The second-order valence-electron chi connectivity index (χ2n) is 7.14. The molecule has 2 aliphatic rings. The Hall–Kier alpha value is -1.36. The minimum Gasteiger partial charge on any atom is -0.342 e. The second kappa shape index (κ2) is 7.68. The van der Waals surface area contributed by atoms with Crippen LogP contribution in [0.25, 0.3) is 0 Å². The van der Waals surface area contributed by atoms with Crippen LogP contribution in [-0.4, -0.2) is 38.1 Å². The van der Waals surface area contributed by atoms with Gasteiger partial charge in [0.2, 0.25) is 5.91 Å². The maximum Gasteiger partial charge on any atom is 0.222 e. The maximum absolute atomic E-state index is 12.6. The number of hydrogen-bond acceptors (Lipinski definition) is 3. The zero-order valence-electron chi connectivity index (χ0n) is 14.2. The van der Waals surface area contributed by atoms with E-state index in [1.165, 1.54) is 19.3 Å². The number of hydrogen-bond donors (Lipinski definition) is 0. The van der Waals surface area contributed by atoms with Crippen molar-refractivity contribution >= 4 is 15.7 Å². The summed E-state index contributed by atoms with van der Waals surface area (Å²) in [6.07, 6.45) is 7.12. The number of sulfone groups is 1. The number of carbonyl (C=O) groups excluding carboxylic acids is 1. The van der Waals surface area contributed by atoms with Crippen molar-refractivity contribution in [1.82, 2.24) is 4.90 Å². The highest BCUT2D eigenvalue weighted by molar-refractivity contribution is 7.91. The highest BCUT2D eigenvalue weighted by Crippen LogP contribution is 2.31. The Balaban J connectivity index is 1.66. The summed E-state index contributed by atoms with van der Waals surface area (Å²) < 4.78 is 25.2. The Morgan fingerprint density at radius 1 is 1.00 bits per heavy atom. The van der Waals surface area contributed by atoms with Crippen molar-refractivity contribution in [3.8, 4) is 0 Å². The first-order chi connectivity index (χ1) is 11.6. The van der Waals surface area contributed by atoms with Crippen LogP contribution in [0.2, 0.25) is 0 Å². The van der Waals surface area contributed by atoms with Crippen LogP contribution in [0.4, 0.5) is 0 Å². The third-order valence-electron chi connectivity index (χ3n) is 5.45. The van der Waals surface area contributed by atoms with Gasteiger partial charge in [0, 0.05) is 19.5 Å². The molecule has 1 aromatic rings. The molecule has 0 aromatic heterocycles. The Kier molecular flexibility index (Phi) is 5.59. The molecule has 1 unspecified atom stereocenters. The van der Waals surface area contributed by atoms with Gasteiger partial charge in [0.15, 0.2) is 9.84 Å². The lowest BCUT2D eigenvalue weighted by Gasteiger charge is -2.25. The molecule has 1 heterocycles. The molecule has 1 aromatic carbocycles. The minimum atomic E-state index is -3.21. The molecule has 0 radical (unpaired) electrons.